The Balaban J connectivity index is 1.94. The number of carboxylic acids is 1. The van der Waals surface area contributed by atoms with Crippen LogP contribution in [0.15, 0.2) is 36.8 Å². The maximum absolute atomic E-state index is 12.9. The van der Waals surface area contributed by atoms with Gasteiger partial charge in [-0.3, -0.25) is 9.59 Å². The highest BCUT2D eigenvalue weighted by Gasteiger charge is 2.22. The molecule has 1 aromatic carbocycles. The number of aromatic nitrogens is 3. The van der Waals surface area contributed by atoms with Crippen LogP contribution < -0.4 is 0 Å². The third-order valence-corrected chi connectivity index (χ3v) is 4.24. The van der Waals surface area contributed by atoms with Crippen LogP contribution in [-0.4, -0.2) is 43.5 Å². The number of imidazole rings is 1. The number of nitrogens with zero attached hydrogens (tertiary/aromatic N) is 3. The predicted octanol–water partition coefficient (Wildman–Crippen LogP) is 2.28. The van der Waals surface area contributed by atoms with E-state index in [0.29, 0.717) is 17.8 Å². The van der Waals surface area contributed by atoms with E-state index in [1.807, 2.05) is 35.8 Å². The summed E-state index contributed by atoms with van der Waals surface area (Å²) in [6.07, 6.45) is 3.26. The summed E-state index contributed by atoms with van der Waals surface area (Å²) in [4.78, 5) is 32.9. The molecular formula is C18H20N4O3. The number of aromatic amines is 1. The highest BCUT2D eigenvalue weighted by Crippen LogP contribution is 2.24. The molecule has 3 rings (SSSR count). The number of benzene rings is 1. The number of hydrogen-bond acceptors (Lipinski definition) is 3. The fourth-order valence-electron chi connectivity index (χ4n) is 2.99. The molecule has 7 heteroatoms. The second-order valence-electron chi connectivity index (χ2n) is 5.93. The van der Waals surface area contributed by atoms with Gasteiger partial charge in [-0.1, -0.05) is 18.2 Å². The molecule has 2 N–H and O–H groups in total. The van der Waals surface area contributed by atoms with Crippen molar-refractivity contribution >= 4 is 22.8 Å². The molecular weight excluding hydrogens is 320 g/mol. The Morgan fingerprint density at radius 1 is 1.32 bits per heavy atom. The lowest BCUT2D eigenvalue weighted by Gasteiger charge is -2.18. The van der Waals surface area contributed by atoms with Crippen LogP contribution in [0.5, 0.6) is 0 Å². The van der Waals surface area contributed by atoms with Crippen molar-refractivity contribution in [3.8, 4) is 0 Å². The molecule has 0 fully saturated rings. The molecule has 25 heavy (non-hydrogen) atoms. The first-order valence-electron chi connectivity index (χ1n) is 8.07. The summed E-state index contributed by atoms with van der Waals surface area (Å²) in [6, 6.07) is 7.34. The molecule has 2 aromatic heterocycles. The molecule has 0 radical (unpaired) electrons. The molecule has 3 aromatic rings. The maximum Gasteiger partial charge on any atom is 0.307 e. The lowest BCUT2D eigenvalue weighted by Crippen LogP contribution is -2.28. The van der Waals surface area contributed by atoms with Gasteiger partial charge in [0.1, 0.15) is 5.69 Å². The minimum Gasteiger partial charge on any atom is -0.481 e. The van der Waals surface area contributed by atoms with Gasteiger partial charge in [0.15, 0.2) is 0 Å². The van der Waals surface area contributed by atoms with E-state index in [2.05, 4.69) is 9.97 Å². The number of carboxylic acid groups (broad SMARTS) is 1. The van der Waals surface area contributed by atoms with Crippen LogP contribution in [0.25, 0.3) is 10.9 Å². The van der Waals surface area contributed by atoms with E-state index < -0.39 is 5.97 Å². The Kier molecular flexibility index (Phi) is 4.56. The molecule has 0 bridgehead atoms. The summed E-state index contributed by atoms with van der Waals surface area (Å²) in [5, 5.41) is 9.98. The molecule has 0 atom stereocenters. The summed E-state index contributed by atoms with van der Waals surface area (Å²) in [6.45, 7) is 3.18. The van der Waals surface area contributed by atoms with E-state index in [-0.39, 0.29) is 12.3 Å². The lowest BCUT2D eigenvalue weighted by atomic mass is 10.1. The van der Waals surface area contributed by atoms with Gasteiger partial charge in [-0.15, -0.1) is 0 Å². The predicted molar refractivity (Wildman–Crippen MR) is 93.3 cm³/mol. The third kappa shape index (κ3) is 3.26. The van der Waals surface area contributed by atoms with E-state index in [1.165, 1.54) is 0 Å². The van der Waals surface area contributed by atoms with Gasteiger partial charge in [-0.25, -0.2) is 4.98 Å². The van der Waals surface area contributed by atoms with Crippen LogP contribution in [0, 0.1) is 0 Å². The second kappa shape index (κ2) is 6.80. The van der Waals surface area contributed by atoms with Crippen molar-refractivity contribution in [2.45, 2.75) is 26.4 Å². The summed E-state index contributed by atoms with van der Waals surface area (Å²) in [7, 11) is 1.70. The highest BCUT2D eigenvalue weighted by molar-refractivity contribution is 6.02. The summed E-state index contributed by atoms with van der Waals surface area (Å²) in [5.74, 6) is -1.21. The van der Waals surface area contributed by atoms with Crippen molar-refractivity contribution in [3.63, 3.8) is 0 Å². The normalized spacial score (nSPS) is 11.0. The number of para-hydroxylation sites is 1. The van der Waals surface area contributed by atoms with E-state index >= 15 is 0 Å². The minimum atomic E-state index is -0.967. The van der Waals surface area contributed by atoms with E-state index in [4.69, 9.17) is 0 Å². The molecule has 7 nitrogen and oxygen atoms in total. The number of hydrogen-bond donors (Lipinski definition) is 2. The van der Waals surface area contributed by atoms with Crippen LogP contribution in [-0.2, 0) is 24.3 Å². The van der Waals surface area contributed by atoms with Gasteiger partial charge in [-0.05, 0) is 13.0 Å². The number of carbonyl (C=O) groups excluding carboxylic acids is 1. The van der Waals surface area contributed by atoms with Gasteiger partial charge in [0.05, 0.1) is 25.0 Å². The monoisotopic (exact) mass is 340 g/mol. The zero-order chi connectivity index (χ0) is 18.0. The topological polar surface area (TPSA) is 91.2 Å². The minimum absolute atomic E-state index is 0.203. The average molecular weight is 340 g/mol. The number of rotatable bonds is 6. The summed E-state index contributed by atoms with van der Waals surface area (Å²) >= 11 is 0. The quantitative estimate of drug-likeness (QED) is 0.720. The molecule has 1 amide bonds. The lowest BCUT2D eigenvalue weighted by molar-refractivity contribution is -0.136. The number of amides is 1. The van der Waals surface area contributed by atoms with Crippen LogP contribution in [0.4, 0.5) is 0 Å². The van der Waals surface area contributed by atoms with Crippen molar-refractivity contribution in [2.24, 2.45) is 0 Å². The van der Waals surface area contributed by atoms with Crippen LogP contribution in [0.2, 0.25) is 0 Å². The largest absolute Gasteiger partial charge is 0.481 e. The summed E-state index contributed by atoms with van der Waals surface area (Å²) in [5.41, 5.74) is 2.53. The number of H-pyrrole nitrogens is 1. The Labute approximate surface area is 144 Å². The van der Waals surface area contributed by atoms with E-state index in [1.54, 1.807) is 24.5 Å². The standard InChI is InChI=1S/C18H20N4O3/c1-3-22-11-19-9-12(22)10-21(2)18(25)17-14(8-16(23)24)13-6-4-5-7-15(13)20-17/h4-7,9,11,20H,3,8,10H2,1-2H3,(H,23,24). The zero-order valence-corrected chi connectivity index (χ0v) is 14.2. The molecule has 0 unspecified atom stereocenters. The molecule has 0 saturated heterocycles. The first-order valence-corrected chi connectivity index (χ1v) is 8.07. The van der Waals surface area contributed by atoms with Gasteiger partial charge < -0.3 is 19.6 Å². The first-order chi connectivity index (χ1) is 12.0. The van der Waals surface area contributed by atoms with Crippen molar-refractivity contribution in [2.75, 3.05) is 7.05 Å². The third-order valence-electron chi connectivity index (χ3n) is 4.24. The molecule has 0 aliphatic heterocycles. The smallest absolute Gasteiger partial charge is 0.307 e. The van der Waals surface area contributed by atoms with Crippen molar-refractivity contribution in [3.05, 3.63) is 53.7 Å². The van der Waals surface area contributed by atoms with Gasteiger partial charge in [0, 0.05) is 36.3 Å². The Morgan fingerprint density at radius 2 is 2.08 bits per heavy atom. The maximum atomic E-state index is 12.9. The van der Waals surface area contributed by atoms with Crippen molar-refractivity contribution < 1.29 is 14.7 Å². The SMILES string of the molecule is CCn1cncc1CN(C)C(=O)c1[nH]c2ccccc2c1CC(=O)O. The summed E-state index contributed by atoms with van der Waals surface area (Å²) < 4.78 is 1.97. The van der Waals surface area contributed by atoms with Gasteiger partial charge in [0.2, 0.25) is 0 Å². The number of carbonyl (C=O) groups is 2. The fraction of sp³-hybridized carbons (Fsp3) is 0.278. The highest BCUT2D eigenvalue weighted by atomic mass is 16.4. The van der Waals surface area contributed by atoms with Gasteiger partial charge in [0.25, 0.3) is 5.91 Å². The van der Waals surface area contributed by atoms with Gasteiger partial charge in [-0.2, -0.15) is 0 Å². The molecule has 0 aliphatic carbocycles. The Hall–Kier alpha value is -3.09. The first kappa shape index (κ1) is 16.8. The molecule has 0 aliphatic rings. The van der Waals surface area contributed by atoms with Crippen molar-refractivity contribution in [1.82, 2.24) is 19.4 Å². The molecule has 0 saturated carbocycles. The van der Waals surface area contributed by atoms with E-state index in [9.17, 15) is 14.7 Å². The Morgan fingerprint density at radius 3 is 2.80 bits per heavy atom. The number of aliphatic carboxylic acids is 1. The van der Waals surface area contributed by atoms with Crippen molar-refractivity contribution in [1.29, 1.82) is 0 Å². The van der Waals surface area contributed by atoms with Crippen LogP contribution in [0.1, 0.15) is 28.7 Å². The Bertz CT molecular complexity index is 925. The number of nitrogens with one attached hydrogen (secondary N) is 1. The molecule has 0 spiro atoms. The van der Waals surface area contributed by atoms with Crippen LogP contribution in [0.3, 0.4) is 0 Å². The number of fused-ring (bicyclic) bond motifs is 1. The van der Waals surface area contributed by atoms with Crippen LogP contribution >= 0.6 is 0 Å². The molecule has 2 heterocycles. The van der Waals surface area contributed by atoms with Gasteiger partial charge >= 0.3 is 5.97 Å². The molecule has 130 valence electrons. The van der Waals surface area contributed by atoms with E-state index in [0.717, 1.165) is 23.1 Å². The fourth-order valence-corrected chi connectivity index (χ4v) is 2.99. The number of aryl methyl sites for hydroxylation is 1. The zero-order valence-electron chi connectivity index (χ0n) is 14.2. The second-order valence-corrected chi connectivity index (χ2v) is 5.93. The average Bonchev–Trinajstić information content (AvgIpc) is 3.18.